The smallest absolute Gasteiger partial charge is 0.253 e. The highest BCUT2D eigenvalue weighted by atomic mass is 19.1. The first-order valence-electron chi connectivity index (χ1n) is 10.4. The van der Waals surface area contributed by atoms with E-state index in [2.05, 4.69) is 10.4 Å². The van der Waals surface area contributed by atoms with Crippen LogP contribution in [0.25, 0.3) is 10.9 Å². The normalized spacial score (nSPS) is 15.7. The third-order valence-corrected chi connectivity index (χ3v) is 5.70. The van der Waals surface area contributed by atoms with Gasteiger partial charge in [0.05, 0.1) is 23.9 Å². The SMILES string of the molecule is COCC(=O)Nc1ccc2cnn(CC3(O)CCN(C(=O)c4cccc(F)c4)CC3)c2c1. The van der Waals surface area contributed by atoms with E-state index in [1.54, 1.807) is 27.9 Å². The summed E-state index contributed by atoms with van der Waals surface area (Å²) in [5.74, 6) is -0.952. The quantitative estimate of drug-likeness (QED) is 0.614. The van der Waals surface area contributed by atoms with Gasteiger partial charge in [-0.05, 0) is 49.2 Å². The van der Waals surface area contributed by atoms with Crippen molar-refractivity contribution in [3.63, 3.8) is 0 Å². The molecule has 1 aliphatic heterocycles. The third-order valence-electron chi connectivity index (χ3n) is 5.70. The van der Waals surface area contributed by atoms with Crippen LogP contribution in [0.5, 0.6) is 0 Å². The first-order valence-corrected chi connectivity index (χ1v) is 10.4. The minimum absolute atomic E-state index is 0.0398. The molecule has 4 rings (SSSR count). The Bertz CT molecular complexity index is 1140. The monoisotopic (exact) mass is 440 g/mol. The number of rotatable bonds is 6. The van der Waals surface area contributed by atoms with Gasteiger partial charge in [0.25, 0.3) is 5.91 Å². The number of aliphatic hydroxyl groups is 1. The van der Waals surface area contributed by atoms with Gasteiger partial charge >= 0.3 is 0 Å². The van der Waals surface area contributed by atoms with E-state index in [0.717, 1.165) is 10.9 Å². The fraction of sp³-hybridized carbons (Fsp3) is 0.348. The second-order valence-electron chi connectivity index (χ2n) is 8.08. The Balaban J connectivity index is 1.44. The molecule has 32 heavy (non-hydrogen) atoms. The van der Waals surface area contributed by atoms with Gasteiger partial charge in [-0.1, -0.05) is 6.07 Å². The van der Waals surface area contributed by atoms with Crippen molar-refractivity contribution in [1.82, 2.24) is 14.7 Å². The van der Waals surface area contributed by atoms with Crippen LogP contribution in [-0.2, 0) is 16.1 Å². The molecular weight excluding hydrogens is 415 g/mol. The Labute approximate surface area is 184 Å². The largest absolute Gasteiger partial charge is 0.388 e. The Morgan fingerprint density at radius 1 is 1.22 bits per heavy atom. The van der Waals surface area contributed by atoms with Crippen LogP contribution in [-0.4, -0.2) is 64.0 Å². The number of halogens is 1. The van der Waals surface area contributed by atoms with Gasteiger partial charge in [0.2, 0.25) is 5.91 Å². The Morgan fingerprint density at radius 2 is 2.00 bits per heavy atom. The molecule has 0 radical (unpaired) electrons. The van der Waals surface area contributed by atoms with E-state index in [1.807, 2.05) is 12.1 Å². The zero-order valence-electron chi connectivity index (χ0n) is 17.8. The topological polar surface area (TPSA) is 96.7 Å². The van der Waals surface area contributed by atoms with E-state index in [-0.39, 0.29) is 25.0 Å². The first kappa shape index (κ1) is 21.9. The molecule has 0 unspecified atom stereocenters. The number of ether oxygens (including phenoxy) is 1. The van der Waals surface area contributed by atoms with Crippen LogP contribution >= 0.6 is 0 Å². The van der Waals surface area contributed by atoms with Crippen LogP contribution in [0.3, 0.4) is 0 Å². The second kappa shape index (κ2) is 9.05. The molecule has 1 aliphatic rings. The highest BCUT2D eigenvalue weighted by Crippen LogP contribution is 2.27. The van der Waals surface area contributed by atoms with Crippen LogP contribution in [0.1, 0.15) is 23.2 Å². The van der Waals surface area contributed by atoms with Crippen molar-refractivity contribution >= 4 is 28.4 Å². The predicted octanol–water partition coefficient (Wildman–Crippen LogP) is 2.43. The number of fused-ring (bicyclic) bond motifs is 1. The van der Waals surface area contributed by atoms with Crippen LogP contribution < -0.4 is 5.32 Å². The Morgan fingerprint density at radius 3 is 2.72 bits per heavy atom. The van der Waals surface area contributed by atoms with Crippen molar-refractivity contribution in [2.75, 3.05) is 32.1 Å². The number of amides is 2. The summed E-state index contributed by atoms with van der Waals surface area (Å²) in [6, 6.07) is 11.1. The van der Waals surface area contributed by atoms with Crippen LogP contribution in [0.4, 0.5) is 10.1 Å². The number of piperidine rings is 1. The molecule has 2 N–H and O–H groups in total. The van der Waals surface area contributed by atoms with Crippen molar-refractivity contribution in [1.29, 1.82) is 0 Å². The minimum atomic E-state index is -1.03. The predicted molar refractivity (Wildman–Crippen MR) is 117 cm³/mol. The average Bonchev–Trinajstić information content (AvgIpc) is 3.15. The number of methoxy groups -OCH3 is 1. The number of nitrogens with zero attached hydrogens (tertiary/aromatic N) is 3. The number of nitrogens with one attached hydrogen (secondary N) is 1. The lowest BCUT2D eigenvalue weighted by atomic mass is 9.91. The summed E-state index contributed by atoms with van der Waals surface area (Å²) in [5, 5.41) is 19.2. The Hall–Kier alpha value is -3.30. The van der Waals surface area contributed by atoms with E-state index in [1.165, 1.54) is 25.3 Å². The van der Waals surface area contributed by atoms with E-state index in [9.17, 15) is 19.1 Å². The number of anilines is 1. The van der Waals surface area contributed by atoms with Crippen molar-refractivity contribution in [3.05, 3.63) is 60.0 Å². The summed E-state index contributed by atoms with van der Waals surface area (Å²) >= 11 is 0. The fourth-order valence-corrected chi connectivity index (χ4v) is 3.97. The molecule has 0 saturated carbocycles. The minimum Gasteiger partial charge on any atom is -0.388 e. The molecule has 2 heterocycles. The molecule has 9 heteroatoms. The van der Waals surface area contributed by atoms with Gasteiger partial charge in [0.1, 0.15) is 12.4 Å². The molecule has 8 nitrogen and oxygen atoms in total. The van der Waals surface area contributed by atoms with Gasteiger partial charge in [0.15, 0.2) is 0 Å². The maximum Gasteiger partial charge on any atom is 0.253 e. The molecule has 0 atom stereocenters. The van der Waals surface area contributed by atoms with E-state index >= 15 is 0 Å². The molecule has 1 fully saturated rings. The van der Waals surface area contributed by atoms with E-state index < -0.39 is 11.4 Å². The highest BCUT2D eigenvalue weighted by Gasteiger charge is 2.35. The number of benzene rings is 2. The van der Waals surface area contributed by atoms with E-state index in [0.29, 0.717) is 37.2 Å². The summed E-state index contributed by atoms with van der Waals surface area (Å²) in [7, 11) is 1.45. The number of carbonyl (C=O) groups excluding carboxylic acids is 2. The van der Waals surface area contributed by atoms with Gasteiger partial charge in [-0.3, -0.25) is 14.3 Å². The molecule has 0 aliphatic carbocycles. The van der Waals surface area contributed by atoms with Gasteiger partial charge in [-0.2, -0.15) is 5.10 Å². The van der Waals surface area contributed by atoms with Crippen LogP contribution in [0.15, 0.2) is 48.7 Å². The van der Waals surface area contributed by atoms with Crippen molar-refractivity contribution < 1.29 is 23.8 Å². The average molecular weight is 440 g/mol. The summed E-state index contributed by atoms with van der Waals surface area (Å²) in [4.78, 5) is 26.1. The fourth-order valence-electron chi connectivity index (χ4n) is 3.97. The van der Waals surface area contributed by atoms with Gasteiger partial charge in [-0.15, -0.1) is 0 Å². The van der Waals surface area contributed by atoms with E-state index in [4.69, 9.17) is 4.74 Å². The lowest BCUT2D eigenvalue weighted by Crippen LogP contribution is -2.48. The van der Waals surface area contributed by atoms with Crippen molar-refractivity contribution in [3.8, 4) is 0 Å². The number of aromatic nitrogens is 2. The molecule has 0 bridgehead atoms. The van der Waals surface area contributed by atoms with Crippen LogP contribution in [0, 0.1) is 5.82 Å². The molecular formula is C23H25FN4O4. The Kier molecular flexibility index (Phi) is 6.20. The standard InChI is InChI=1S/C23H25FN4O4/c1-32-14-21(29)26-19-6-5-17-13-25-28(20(17)12-19)15-23(31)7-9-27(10-8-23)22(30)16-3-2-4-18(24)11-16/h2-6,11-13,31H,7-10,14-15H2,1H3,(H,26,29). The van der Waals surface area contributed by atoms with Gasteiger partial charge in [0, 0.05) is 36.8 Å². The van der Waals surface area contributed by atoms with Gasteiger partial charge < -0.3 is 20.1 Å². The maximum atomic E-state index is 13.4. The number of hydrogen-bond donors (Lipinski definition) is 2. The molecule has 2 amide bonds. The summed E-state index contributed by atoms with van der Waals surface area (Å²) in [6.45, 7) is 0.947. The van der Waals surface area contributed by atoms with Crippen molar-refractivity contribution in [2.24, 2.45) is 0 Å². The number of hydrogen-bond acceptors (Lipinski definition) is 5. The zero-order chi connectivity index (χ0) is 22.7. The summed E-state index contributed by atoms with van der Waals surface area (Å²) in [5.41, 5.74) is 0.666. The second-order valence-corrected chi connectivity index (χ2v) is 8.08. The molecule has 0 spiro atoms. The molecule has 168 valence electrons. The van der Waals surface area contributed by atoms with Gasteiger partial charge in [-0.25, -0.2) is 4.39 Å². The third kappa shape index (κ3) is 4.79. The van der Waals surface area contributed by atoms with Crippen molar-refractivity contribution in [2.45, 2.75) is 25.0 Å². The molecule has 1 saturated heterocycles. The lowest BCUT2D eigenvalue weighted by molar-refractivity contribution is -0.119. The summed E-state index contributed by atoms with van der Waals surface area (Å²) in [6.07, 6.45) is 2.46. The highest BCUT2D eigenvalue weighted by molar-refractivity contribution is 5.95. The molecule has 1 aromatic heterocycles. The lowest BCUT2D eigenvalue weighted by Gasteiger charge is -2.38. The van der Waals surface area contributed by atoms with Crippen LogP contribution in [0.2, 0.25) is 0 Å². The molecule has 3 aromatic rings. The maximum absolute atomic E-state index is 13.4. The zero-order valence-corrected chi connectivity index (χ0v) is 17.8. The molecule has 2 aromatic carbocycles. The first-order chi connectivity index (χ1) is 15.4. The summed E-state index contributed by atoms with van der Waals surface area (Å²) < 4.78 is 20.0. The number of likely N-dealkylation sites (tertiary alicyclic amines) is 1. The number of carbonyl (C=O) groups is 2.